The summed E-state index contributed by atoms with van der Waals surface area (Å²) in [6.45, 7) is 4.32. The van der Waals surface area contributed by atoms with Gasteiger partial charge < -0.3 is 10.2 Å². The van der Waals surface area contributed by atoms with E-state index in [4.69, 9.17) is 14.3 Å². The quantitative estimate of drug-likeness (QED) is 0.336. The number of nitrogens with one attached hydrogen (secondary N) is 1. The molecule has 10 heteroatoms. The van der Waals surface area contributed by atoms with Crippen LogP contribution in [0.1, 0.15) is 67.4 Å². The van der Waals surface area contributed by atoms with Crippen LogP contribution in [0.5, 0.6) is 5.75 Å². The minimum Gasteiger partial charge on any atom is -0.399 e. The van der Waals surface area contributed by atoms with Crippen LogP contribution >= 0.6 is 19.6 Å². The van der Waals surface area contributed by atoms with Gasteiger partial charge in [-0.1, -0.05) is 18.1 Å². The summed E-state index contributed by atoms with van der Waals surface area (Å²) in [4.78, 5) is 32.5. The van der Waals surface area contributed by atoms with E-state index in [-0.39, 0.29) is 11.3 Å². The first-order valence-electron chi connectivity index (χ1n) is 12.6. The lowest BCUT2D eigenvalue weighted by Gasteiger charge is -2.50. The van der Waals surface area contributed by atoms with Crippen LogP contribution in [-0.2, 0) is 20.6 Å². The second-order valence-electron chi connectivity index (χ2n) is 10.5. The Balaban J connectivity index is 1.36. The number of hydrogen-bond acceptors (Lipinski definition) is 7. The SMILES string of the molecule is CO/N=C1\C[C@@H](CCC(=O)Nc2ncc(C)s2)C2C3CCc4cc(O[P+](=O)O)ccc4C3CC[C@]12C. The topological polar surface area (TPSA) is 110 Å². The average Bonchev–Trinajstić information content (AvgIpc) is 3.37. The van der Waals surface area contributed by atoms with E-state index in [2.05, 4.69) is 28.4 Å². The zero-order valence-electron chi connectivity index (χ0n) is 20.9. The number of hydrogen-bond donors (Lipinski definition) is 2. The molecule has 1 heterocycles. The predicted octanol–water partition coefficient (Wildman–Crippen LogP) is 5.98. The van der Waals surface area contributed by atoms with Crippen molar-refractivity contribution < 1.29 is 23.6 Å². The molecule has 2 fully saturated rings. The number of rotatable bonds is 7. The van der Waals surface area contributed by atoms with Gasteiger partial charge in [0.2, 0.25) is 5.91 Å². The molecule has 0 radical (unpaired) electrons. The van der Waals surface area contributed by atoms with Crippen LogP contribution in [0, 0.1) is 30.1 Å². The molecule has 2 N–H and O–H groups in total. The number of fused-ring (bicyclic) bond motifs is 5. The Kier molecular flexibility index (Phi) is 7.16. The summed E-state index contributed by atoms with van der Waals surface area (Å²) in [5.41, 5.74) is 3.66. The molecular weight excluding hydrogens is 497 g/mol. The molecule has 0 spiro atoms. The van der Waals surface area contributed by atoms with Gasteiger partial charge in [0.05, 0.1) is 5.71 Å². The van der Waals surface area contributed by atoms with Gasteiger partial charge in [-0.05, 0) is 92.4 Å². The van der Waals surface area contributed by atoms with Crippen molar-refractivity contribution in [1.29, 1.82) is 0 Å². The molecule has 0 bridgehead atoms. The van der Waals surface area contributed by atoms with Gasteiger partial charge in [0, 0.05) is 27.5 Å². The fourth-order valence-corrected chi connectivity index (χ4v) is 8.19. The molecule has 3 aliphatic carbocycles. The Morgan fingerprint density at radius 3 is 2.94 bits per heavy atom. The minimum atomic E-state index is -2.67. The third-order valence-electron chi connectivity index (χ3n) is 8.57. The third-order valence-corrected chi connectivity index (χ3v) is 9.76. The van der Waals surface area contributed by atoms with Crippen LogP contribution in [-0.4, -0.2) is 28.6 Å². The first kappa shape index (κ1) is 25.3. The van der Waals surface area contributed by atoms with E-state index < -0.39 is 8.25 Å². The fraction of sp³-hybridized carbons (Fsp3) is 0.577. The van der Waals surface area contributed by atoms with Crippen LogP contribution in [0.3, 0.4) is 0 Å². The monoisotopic (exact) mass is 530 g/mol. The molecule has 36 heavy (non-hydrogen) atoms. The van der Waals surface area contributed by atoms with Crippen molar-refractivity contribution in [2.45, 2.75) is 64.7 Å². The first-order valence-corrected chi connectivity index (χ1v) is 14.5. The molecule has 2 aromatic rings. The summed E-state index contributed by atoms with van der Waals surface area (Å²) in [6.07, 6.45) is 7.98. The molecule has 8 nitrogen and oxygen atoms in total. The van der Waals surface area contributed by atoms with Crippen molar-refractivity contribution >= 4 is 36.3 Å². The third kappa shape index (κ3) is 4.81. The van der Waals surface area contributed by atoms with E-state index in [1.807, 2.05) is 19.1 Å². The highest BCUT2D eigenvalue weighted by Gasteiger charge is 2.57. The summed E-state index contributed by atoms with van der Waals surface area (Å²) in [5, 5.41) is 8.10. The van der Waals surface area contributed by atoms with E-state index in [0.717, 1.165) is 49.1 Å². The summed E-state index contributed by atoms with van der Waals surface area (Å²) < 4.78 is 16.2. The molecule has 1 amide bonds. The molecule has 4 unspecified atom stereocenters. The highest BCUT2D eigenvalue weighted by atomic mass is 32.1. The Morgan fingerprint density at radius 2 is 2.22 bits per heavy atom. The summed E-state index contributed by atoms with van der Waals surface area (Å²) in [6, 6.07) is 5.82. The average molecular weight is 531 g/mol. The van der Waals surface area contributed by atoms with Crippen LogP contribution in [0.4, 0.5) is 5.13 Å². The molecule has 3 aliphatic rings. The second kappa shape index (κ2) is 10.2. The Bertz CT molecular complexity index is 1200. The Labute approximate surface area is 216 Å². The highest BCUT2D eigenvalue weighted by Crippen LogP contribution is 2.62. The molecule has 1 aromatic carbocycles. The molecule has 6 atom stereocenters. The maximum absolute atomic E-state index is 12.7. The number of carbonyl (C=O) groups excluding carboxylic acids is 1. The number of thiazole rings is 1. The van der Waals surface area contributed by atoms with Crippen LogP contribution in [0.25, 0.3) is 0 Å². The van der Waals surface area contributed by atoms with Gasteiger partial charge in [-0.15, -0.1) is 16.2 Å². The van der Waals surface area contributed by atoms with Crippen molar-refractivity contribution in [3.8, 4) is 5.75 Å². The Morgan fingerprint density at radius 1 is 1.39 bits per heavy atom. The maximum Gasteiger partial charge on any atom is 0.747 e. The normalized spacial score (nSPS) is 30.2. The second-order valence-corrected chi connectivity index (χ2v) is 12.4. The van der Waals surface area contributed by atoms with E-state index in [9.17, 15) is 9.36 Å². The van der Waals surface area contributed by atoms with Crippen LogP contribution in [0.2, 0.25) is 0 Å². The molecule has 5 rings (SSSR count). The standard InChI is InChI=1S/C26H32N3O5PS/c1-15-14-27-25(36-15)28-23(30)9-5-17-13-22(29-33-3)26(2)11-10-20-19-8-6-18(34-35(31)32)12-16(19)4-7-21(20)24(17)26/h6,8,12,14,17,20-21,24H,4-5,7,9-11,13H2,1-3H3,(H-,27,28,30,31,32)/p+1/b29-22+/t17-,20?,21?,24?,26-/m1/s1. The number of carbonyl (C=O) groups is 1. The fourth-order valence-electron chi connectivity index (χ4n) is 7.21. The molecule has 0 aliphatic heterocycles. The van der Waals surface area contributed by atoms with Crippen LogP contribution < -0.4 is 9.84 Å². The van der Waals surface area contributed by atoms with E-state index in [1.54, 1.807) is 13.3 Å². The van der Waals surface area contributed by atoms with E-state index >= 15 is 0 Å². The minimum absolute atomic E-state index is 0.0132. The van der Waals surface area contributed by atoms with Crippen molar-refractivity contribution in [2.75, 3.05) is 12.4 Å². The highest BCUT2D eigenvalue weighted by molar-refractivity contribution is 7.32. The van der Waals surface area contributed by atoms with Crippen molar-refractivity contribution in [1.82, 2.24) is 4.98 Å². The van der Waals surface area contributed by atoms with Gasteiger partial charge in [-0.25, -0.2) is 9.51 Å². The number of anilines is 1. The largest absolute Gasteiger partial charge is 0.747 e. The maximum atomic E-state index is 12.7. The molecular formula is C26H33N3O5PS+. The summed E-state index contributed by atoms with van der Waals surface area (Å²) >= 11 is 1.49. The molecule has 1 aromatic heterocycles. The van der Waals surface area contributed by atoms with Gasteiger partial charge in [0.15, 0.2) is 10.9 Å². The van der Waals surface area contributed by atoms with Crippen molar-refractivity contribution in [2.24, 2.45) is 28.3 Å². The zero-order valence-corrected chi connectivity index (χ0v) is 22.6. The Hall–Kier alpha value is -2.35. The number of amides is 1. The van der Waals surface area contributed by atoms with Gasteiger partial charge in [-0.3, -0.25) is 4.79 Å². The molecule has 0 saturated heterocycles. The van der Waals surface area contributed by atoms with Gasteiger partial charge in [0.25, 0.3) is 0 Å². The van der Waals surface area contributed by atoms with Crippen molar-refractivity contribution in [3.05, 3.63) is 40.4 Å². The van der Waals surface area contributed by atoms with Crippen molar-refractivity contribution in [3.63, 3.8) is 0 Å². The number of oxime groups is 1. The van der Waals surface area contributed by atoms with E-state index in [0.29, 0.717) is 41.0 Å². The van der Waals surface area contributed by atoms with Gasteiger partial charge >= 0.3 is 8.25 Å². The number of nitrogens with zero attached hydrogens (tertiary/aromatic N) is 2. The van der Waals surface area contributed by atoms with E-state index in [1.165, 1.54) is 22.5 Å². The number of benzene rings is 1. The summed E-state index contributed by atoms with van der Waals surface area (Å²) in [5.74, 6) is 2.18. The van der Waals surface area contributed by atoms with Gasteiger partial charge in [-0.2, -0.15) is 0 Å². The van der Waals surface area contributed by atoms with Crippen LogP contribution in [0.15, 0.2) is 29.6 Å². The summed E-state index contributed by atoms with van der Waals surface area (Å²) in [7, 11) is -1.06. The lowest BCUT2D eigenvalue weighted by Crippen LogP contribution is -2.44. The number of aryl methyl sites for hydroxylation is 2. The number of aromatic nitrogens is 1. The first-order chi connectivity index (χ1) is 17.3. The lowest BCUT2D eigenvalue weighted by atomic mass is 9.54. The molecule has 2 saturated carbocycles. The smallest absolute Gasteiger partial charge is 0.399 e. The molecule has 192 valence electrons. The predicted molar refractivity (Wildman–Crippen MR) is 140 cm³/mol. The van der Waals surface area contributed by atoms with Gasteiger partial charge in [0.1, 0.15) is 7.11 Å². The lowest BCUT2D eigenvalue weighted by molar-refractivity contribution is -0.116. The zero-order chi connectivity index (χ0) is 25.4.